The van der Waals surface area contributed by atoms with Gasteiger partial charge in [-0.05, 0) is 37.3 Å². The third-order valence-electron chi connectivity index (χ3n) is 3.78. The molecule has 112 valence electrons. The van der Waals surface area contributed by atoms with Crippen LogP contribution in [0.15, 0.2) is 47.5 Å². The van der Waals surface area contributed by atoms with Crippen LogP contribution in [0.5, 0.6) is 0 Å². The Kier molecular flexibility index (Phi) is 3.41. The highest BCUT2D eigenvalue weighted by Crippen LogP contribution is 2.30. The van der Waals surface area contributed by atoms with E-state index in [9.17, 15) is 9.18 Å². The summed E-state index contributed by atoms with van der Waals surface area (Å²) in [6.07, 6.45) is 0. The zero-order valence-corrected chi connectivity index (χ0v) is 12.4. The van der Waals surface area contributed by atoms with Gasteiger partial charge in [0.15, 0.2) is 0 Å². The number of benzodiazepines with no additional fused rings is 1. The van der Waals surface area contributed by atoms with Crippen LogP contribution in [0.2, 0.25) is 0 Å². The van der Waals surface area contributed by atoms with E-state index >= 15 is 0 Å². The molecule has 3 rings (SSSR count). The summed E-state index contributed by atoms with van der Waals surface area (Å²) in [7, 11) is 1.69. The lowest BCUT2D eigenvalue weighted by Gasteiger charge is -2.19. The maximum absolute atomic E-state index is 14.2. The molecule has 0 fully saturated rings. The fraction of sp³-hybridized carbons (Fsp3) is 0.176. The number of hydrogen-bond donors (Lipinski definition) is 1. The number of fused-ring (bicyclic) bond motifs is 1. The first-order valence-corrected chi connectivity index (χ1v) is 6.99. The molecule has 22 heavy (non-hydrogen) atoms. The van der Waals surface area contributed by atoms with Gasteiger partial charge in [-0.25, -0.2) is 4.39 Å². The largest absolute Gasteiger partial charge is 0.399 e. The van der Waals surface area contributed by atoms with E-state index in [1.54, 1.807) is 50.4 Å². The lowest BCUT2D eigenvalue weighted by Crippen LogP contribution is -2.32. The summed E-state index contributed by atoms with van der Waals surface area (Å²) in [6.45, 7) is 1.70. The van der Waals surface area contributed by atoms with Crippen LogP contribution >= 0.6 is 0 Å². The van der Waals surface area contributed by atoms with Gasteiger partial charge < -0.3 is 10.6 Å². The molecule has 4 nitrogen and oxygen atoms in total. The SMILES string of the molecule is C[C@H]1N=C(c2ccccc2F)c2cc(N)ccc2N(C)C1=O. The Bertz CT molecular complexity index is 785. The zero-order valence-electron chi connectivity index (χ0n) is 12.4. The highest BCUT2D eigenvalue weighted by molar-refractivity contribution is 6.20. The van der Waals surface area contributed by atoms with Gasteiger partial charge >= 0.3 is 0 Å². The molecule has 5 heteroatoms. The number of benzene rings is 2. The van der Waals surface area contributed by atoms with Gasteiger partial charge in [0.2, 0.25) is 0 Å². The normalized spacial score (nSPS) is 17.8. The minimum Gasteiger partial charge on any atom is -0.399 e. The fourth-order valence-electron chi connectivity index (χ4n) is 2.62. The average Bonchev–Trinajstić information content (AvgIpc) is 2.59. The van der Waals surface area contributed by atoms with Crippen LogP contribution in [0.25, 0.3) is 0 Å². The Hall–Kier alpha value is -2.69. The van der Waals surface area contributed by atoms with Crippen LogP contribution in [0.4, 0.5) is 15.8 Å². The summed E-state index contributed by atoms with van der Waals surface area (Å²) < 4.78 is 14.2. The average molecular weight is 297 g/mol. The molecule has 1 heterocycles. The highest BCUT2D eigenvalue weighted by Gasteiger charge is 2.28. The first-order valence-electron chi connectivity index (χ1n) is 6.99. The number of amides is 1. The lowest BCUT2D eigenvalue weighted by atomic mass is 9.99. The van der Waals surface area contributed by atoms with Crippen LogP contribution < -0.4 is 10.6 Å². The van der Waals surface area contributed by atoms with Crippen LogP contribution in [-0.2, 0) is 4.79 Å². The van der Waals surface area contributed by atoms with Crippen molar-refractivity contribution in [1.82, 2.24) is 0 Å². The maximum atomic E-state index is 14.2. The molecule has 2 aromatic carbocycles. The summed E-state index contributed by atoms with van der Waals surface area (Å²) in [4.78, 5) is 18.3. The van der Waals surface area contributed by atoms with Gasteiger partial charge in [-0.1, -0.05) is 12.1 Å². The van der Waals surface area contributed by atoms with Crippen LogP contribution in [-0.4, -0.2) is 24.7 Å². The van der Waals surface area contributed by atoms with E-state index in [1.807, 2.05) is 0 Å². The van der Waals surface area contributed by atoms with Crippen molar-refractivity contribution in [2.75, 3.05) is 17.7 Å². The van der Waals surface area contributed by atoms with E-state index in [2.05, 4.69) is 4.99 Å². The topological polar surface area (TPSA) is 58.7 Å². The molecule has 0 bridgehead atoms. The Labute approximate surface area is 128 Å². The predicted molar refractivity (Wildman–Crippen MR) is 85.8 cm³/mol. The van der Waals surface area contributed by atoms with Gasteiger partial charge in [-0.2, -0.15) is 0 Å². The molecule has 1 atom stereocenters. The van der Waals surface area contributed by atoms with Crippen LogP contribution in [0.3, 0.4) is 0 Å². The van der Waals surface area contributed by atoms with Gasteiger partial charge in [0.05, 0.1) is 11.4 Å². The lowest BCUT2D eigenvalue weighted by molar-refractivity contribution is -0.119. The van der Waals surface area contributed by atoms with Gasteiger partial charge in [0, 0.05) is 23.9 Å². The zero-order chi connectivity index (χ0) is 15.9. The summed E-state index contributed by atoms with van der Waals surface area (Å²) >= 11 is 0. The minimum atomic E-state index is -0.590. The van der Waals surface area contributed by atoms with Gasteiger partial charge in [-0.3, -0.25) is 9.79 Å². The number of likely N-dealkylation sites (N-methyl/N-ethyl adjacent to an activating group) is 1. The number of halogens is 1. The summed E-state index contributed by atoms with van der Waals surface area (Å²) in [5.74, 6) is -0.517. The van der Waals surface area contributed by atoms with Crippen molar-refractivity contribution in [1.29, 1.82) is 0 Å². The standard InChI is InChI=1S/C17H16FN3O/c1-10-17(22)21(2)15-8-7-11(19)9-13(15)16(20-10)12-5-3-4-6-14(12)18/h3-10H,19H2,1-2H3/t10-/m1/s1. The van der Waals surface area contributed by atoms with E-state index in [1.165, 1.54) is 11.0 Å². The maximum Gasteiger partial charge on any atom is 0.251 e. The van der Waals surface area contributed by atoms with Gasteiger partial charge in [-0.15, -0.1) is 0 Å². The second-order valence-electron chi connectivity index (χ2n) is 5.31. The van der Waals surface area contributed by atoms with Crippen molar-refractivity contribution < 1.29 is 9.18 Å². The van der Waals surface area contributed by atoms with Crippen LogP contribution in [0.1, 0.15) is 18.1 Å². The quantitative estimate of drug-likeness (QED) is 0.823. The number of carbonyl (C=O) groups is 1. The third-order valence-corrected chi connectivity index (χ3v) is 3.78. The monoisotopic (exact) mass is 297 g/mol. The summed E-state index contributed by atoms with van der Waals surface area (Å²) in [5, 5.41) is 0. The molecule has 1 amide bonds. The van der Waals surface area contributed by atoms with E-state index < -0.39 is 6.04 Å². The minimum absolute atomic E-state index is 0.141. The van der Waals surface area contributed by atoms with E-state index in [0.717, 1.165) is 0 Å². The van der Waals surface area contributed by atoms with Crippen molar-refractivity contribution in [2.24, 2.45) is 4.99 Å². The van der Waals surface area contributed by atoms with Crippen molar-refractivity contribution in [3.63, 3.8) is 0 Å². The molecule has 0 saturated heterocycles. The Balaban J connectivity index is 2.31. The number of nitrogens with zero attached hydrogens (tertiary/aromatic N) is 2. The van der Waals surface area contributed by atoms with Crippen molar-refractivity contribution in [3.8, 4) is 0 Å². The number of anilines is 2. The Morgan fingerprint density at radius 2 is 1.91 bits per heavy atom. The number of nitrogens with two attached hydrogens (primary N) is 1. The Morgan fingerprint density at radius 1 is 1.18 bits per heavy atom. The number of hydrogen-bond acceptors (Lipinski definition) is 3. The van der Waals surface area contributed by atoms with E-state index in [0.29, 0.717) is 28.2 Å². The number of nitrogen functional groups attached to an aromatic ring is 1. The molecule has 0 radical (unpaired) electrons. The van der Waals surface area contributed by atoms with E-state index in [4.69, 9.17) is 5.73 Å². The van der Waals surface area contributed by atoms with Gasteiger partial charge in [0.1, 0.15) is 11.9 Å². The van der Waals surface area contributed by atoms with Crippen molar-refractivity contribution in [3.05, 3.63) is 59.4 Å². The summed E-state index contributed by atoms with van der Waals surface area (Å²) in [5.41, 5.74) is 8.56. The third kappa shape index (κ3) is 2.24. The van der Waals surface area contributed by atoms with Crippen molar-refractivity contribution >= 4 is 23.0 Å². The molecule has 0 aromatic heterocycles. The number of carbonyl (C=O) groups excluding carboxylic acids is 1. The predicted octanol–water partition coefficient (Wildman–Crippen LogP) is 2.61. The highest BCUT2D eigenvalue weighted by atomic mass is 19.1. The fourth-order valence-corrected chi connectivity index (χ4v) is 2.62. The summed E-state index contributed by atoms with van der Waals surface area (Å²) in [6, 6.07) is 11.0. The number of aliphatic imine (C=N–C) groups is 1. The second-order valence-corrected chi connectivity index (χ2v) is 5.31. The first kappa shape index (κ1) is 14.3. The molecule has 0 saturated carbocycles. The van der Waals surface area contributed by atoms with Gasteiger partial charge in [0.25, 0.3) is 5.91 Å². The van der Waals surface area contributed by atoms with E-state index in [-0.39, 0.29) is 11.7 Å². The molecular formula is C17H16FN3O. The molecule has 2 aromatic rings. The molecule has 1 aliphatic rings. The number of rotatable bonds is 1. The second kappa shape index (κ2) is 5.26. The molecule has 1 aliphatic heterocycles. The molecule has 2 N–H and O–H groups in total. The van der Waals surface area contributed by atoms with Crippen LogP contribution in [0, 0.1) is 5.82 Å². The Morgan fingerprint density at radius 3 is 2.64 bits per heavy atom. The molecule has 0 aliphatic carbocycles. The smallest absolute Gasteiger partial charge is 0.251 e. The van der Waals surface area contributed by atoms with Crippen molar-refractivity contribution in [2.45, 2.75) is 13.0 Å². The molecule has 0 unspecified atom stereocenters. The first-order chi connectivity index (χ1) is 10.5. The molecular weight excluding hydrogens is 281 g/mol. The molecule has 0 spiro atoms.